The molecule has 0 radical (unpaired) electrons. The molecule has 1 aliphatic carbocycles. The molecule has 2 aromatic heterocycles. The Bertz CT molecular complexity index is 1440. The molecule has 2 bridgehead atoms. The van der Waals surface area contributed by atoms with Gasteiger partial charge in [-0.3, -0.25) is 9.59 Å². The minimum absolute atomic E-state index is 0.0350. The number of aryl methyl sites for hydroxylation is 2. The number of benzene rings is 1. The lowest BCUT2D eigenvalue weighted by atomic mass is 9.83. The van der Waals surface area contributed by atoms with Crippen molar-refractivity contribution < 1.29 is 13.9 Å². The molecule has 1 unspecified atom stereocenters. The molecule has 1 fully saturated rings. The lowest BCUT2D eigenvalue weighted by Crippen LogP contribution is -2.52. The zero-order chi connectivity index (χ0) is 23.6. The van der Waals surface area contributed by atoms with Gasteiger partial charge in [-0.1, -0.05) is 6.07 Å². The largest absolute Gasteiger partial charge is 0.480 e. The fourth-order valence-electron chi connectivity index (χ4n) is 6.17. The first-order valence-corrected chi connectivity index (χ1v) is 12.1. The van der Waals surface area contributed by atoms with E-state index in [2.05, 4.69) is 0 Å². The molecule has 7 heteroatoms. The Labute approximate surface area is 196 Å². The van der Waals surface area contributed by atoms with Gasteiger partial charge < -0.3 is 18.6 Å². The van der Waals surface area contributed by atoms with Crippen LogP contribution >= 0.6 is 0 Å². The average molecular weight is 461 g/mol. The molecule has 2 aliphatic heterocycles. The van der Waals surface area contributed by atoms with Crippen molar-refractivity contribution >= 4 is 16.9 Å². The summed E-state index contributed by atoms with van der Waals surface area (Å²) < 4.78 is 13.7. The Morgan fingerprint density at radius 2 is 1.91 bits per heavy atom. The number of carbonyl (C=O) groups is 1. The second-order valence-electron chi connectivity index (χ2n) is 9.97. The fourth-order valence-corrected chi connectivity index (χ4v) is 6.17. The van der Waals surface area contributed by atoms with E-state index in [1.165, 1.54) is 0 Å². The number of hydrogen-bond acceptors (Lipinski definition) is 5. The van der Waals surface area contributed by atoms with Crippen LogP contribution < -0.4 is 15.9 Å². The van der Waals surface area contributed by atoms with Crippen molar-refractivity contribution in [2.24, 2.45) is 5.92 Å². The van der Waals surface area contributed by atoms with Gasteiger partial charge in [0.25, 0.3) is 11.5 Å². The maximum Gasteiger partial charge on any atom is 0.339 e. The van der Waals surface area contributed by atoms with Crippen molar-refractivity contribution in [3.05, 3.63) is 73.5 Å². The van der Waals surface area contributed by atoms with Crippen molar-refractivity contribution in [1.29, 1.82) is 0 Å². The zero-order valence-electron chi connectivity index (χ0n) is 19.5. The first-order chi connectivity index (χ1) is 16.4. The lowest BCUT2D eigenvalue weighted by Gasteiger charge is -2.43. The van der Waals surface area contributed by atoms with E-state index in [9.17, 15) is 14.4 Å². The predicted molar refractivity (Wildman–Crippen MR) is 127 cm³/mol. The van der Waals surface area contributed by atoms with E-state index in [0.29, 0.717) is 31.0 Å². The van der Waals surface area contributed by atoms with Crippen LogP contribution in [0.4, 0.5) is 0 Å². The van der Waals surface area contributed by atoms with Crippen LogP contribution in [0.3, 0.4) is 0 Å². The van der Waals surface area contributed by atoms with Gasteiger partial charge in [0.2, 0.25) is 0 Å². The molecule has 1 amide bonds. The third-order valence-corrected chi connectivity index (χ3v) is 7.78. The number of piperidine rings is 1. The number of rotatable bonds is 3. The number of amides is 1. The van der Waals surface area contributed by atoms with Gasteiger partial charge in [-0.15, -0.1) is 0 Å². The standard InChI is InChI=1S/C27H28N2O5/c1-15-23(10-9-20-19-5-3-6-21(19)27(32)34-25(15)20)33-16(2)26(31)28-12-17-11-18(14-28)22-7-4-8-24(30)29(22)13-17/h4,7-10,16-18H,3,5-6,11-14H2,1-2H3/t16?,17-,18+/m1/s1. The highest BCUT2D eigenvalue weighted by Crippen LogP contribution is 2.36. The van der Waals surface area contributed by atoms with Crippen molar-refractivity contribution in [2.75, 3.05) is 13.1 Å². The summed E-state index contributed by atoms with van der Waals surface area (Å²) in [7, 11) is 0. The van der Waals surface area contributed by atoms with E-state index >= 15 is 0 Å². The van der Waals surface area contributed by atoms with E-state index in [1.807, 2.05) is 34.6 Å². The maximum atomic E-state index is 13.4. The predicted octanol–water partition coefficient (Wildman–Crippen LogP) is 3.17. The molecular weight excluding hydrogens is 432 g/mol. The molecule has 7 nitrogen and oxygen atoms in total. The number of fused-ring (bicyclic) bond motifs is 7. The molecule has 34 heavy (non-hydrogen) atoms. The summed E-state index contributed by atoms with van der Waals surface area (Å²) in [6.45, 7) is 5.51. The van der Waals surface area contributed by atoms with E-state index in [-0.39, 0.29) is 28.9 Å². The monoisotopic (exact) mass is 460 g/mol. The summed E-state index contributed by atoms with van der Waals surface area (Å²) in [5, 5.41) is 0.966. The highest BCUT2D eigenvalue weighted by Gasteiger charge is 2.37. The van der Waals surface area contributed by atoms with Gasteiger partial charge in [0.05, 0.1) is 0 Å². The average Bonchev–Trinajstić information content (AvgIpc) is 3.32. The Morgan fingerprint density at radius 1 is 1.09 bits per heavy atom. The lowest BCUT2D eigenvalue weighted by molar-refractivity contribution is -0.140. The van der Waals surface area contributed by atoms with Gasteiger partial charge in [-0.2, -0.15) is 0 Å². The van der Waals surface area contributed by atoms with Crippen LogP contribution in [0.5, 0.6) is 5.75 Å². The summed E-state index contributed by atoms with van der Waals surface area (Å²) in [6, 6.07) is 9.23. The summed E-state index contributed by atoms with van der Waals surface area (Å²) in [4.78, 5) is 39.9. The topological polar surface area (TPSA) is 81.8 Å². The van der Waals surface area contributed by atoms with E-state index in [4.69, 9.17) is 9.15 Å². The van der Waals surface area contributed by atoms with Crippen molar-refractivity contribution in [1.82, 2.24) is 9.47 Å². The molecule has 176 valence electrons. The molecular formula is C27H28N2O5. The van der Waals surface area contributed by atoms with Gasteiger partial charge in [-0.25, -0.2) is 4.79 Å². The fraction of sp³-hybridized carbons (Fsp3) is 0.444. The number of aromatic nitrogens is 1. The first kappa shape index (κ1) is 21.2. The van der Waals surface area contributed by atoms with Crippen molar-refractivity contribution in [3.8, 4) is 5.75 Å². The van der Waals surface area contributed by atoms with Gasteiger partial charge in [0.1, 0.15) is 11.3 Å². The van der Waals surface area contributed by atoms with E-state index in [1.54, 1.807) is 19.1 Å². The summed E-state index contributed by atoms with van der Waals surface area (Å²) >= 11 is 0. The van der Waals surface area contributed by atoms with Gasteiger partial charge >= 0.3 is 5.63 Å². The van der Waals surface area contributed by atoms with Crippen LogP contribution in [0.1, 0.15) is 48.1 Å². The van der Waals surface area contributed by atoms with Gasteiger partial charge in [0, 0.05) is 53.8 Å². The van der Waals surface area contributed by atoms with Crippen molar-refractivity contribution in [3.63, 3.8) is 0 Å². The summed E-state index contributed by atoms with van der Waals surface area (Å²) in [6.07, 6.45) is 2.95. The SMILES string of the molecule is Cc1c(OC(C)C(=O)N2C[C@H]3C[C@@H](C2)c2cccc(=O)n2C3)ccc2c3c(c(=O)oc12)CCC3. The summed E-state index contributed by atoms with van der Waals surface area (Å²) in [5.41, 5.74) is 3.97. The van der Waals surface area contributed by atoms with Crippen LogP contribution in [0.15, 0.2) is 44.3 Å². The maximum absolute atomic E-state index is 13.4. The number of nitrogens with zero attached hydrogens (tertiary/aromatic N) is 2. The van der Waals surface area contributed by atoms with Crippen LogP contribution in [0.25, 0.3) is 11.0 Å². The molecule has 6 rings (SSSR count). The quantitative estimate of drug-likeness (QED) is 0.561. The minimum Gasteiger partial charge on any atom is -0.480 e. The second-order valence-corrected chi connectivity index (χ2v) is 9.97. The summed E-state index contributed by atoms with van der Waals surface area (Å²) in [5.74, 6) is 0.928. The molecule has 0 spiro atoms. The zero-order valence-corrected chi connectivity index (χ0v) is 19.5. The van der Waals surface area contributed by atoms with Crippen LogP contribution in [-0.4, -0.2) is 34.6 Å². The van der Waals surface area contributed by atoms with E-state index in [0.717, 1.165) is 53.5 Å². The third kappa shape index (κ3) is 3.29. The molecule has 3 aliphatic rings. The number of pyridine rings is 1. The molecule has 0 N–H and O–H groups in total. The molecule has 1 saturated heterocycles. The van der Waals surface area contributed by atoms with Gasteiger partial charge in [-0.05, 0) is 69.2 Å². The molecule has 3 aromatic rings. The Balaban J connectivity index is 1.24. The first-order valence-electron chi connectivity index (χ1n) is 12.1. The molecule has 1 aromatic carbocycles. The molecule has 3 atom stereocenters. The Morgan fingerprint density at radius 3 is 2.76 bits per heavy atom. The molecule has 4 heterocycles. The minimum atomic E-state index is -0.672. The number of carbonyl (C=O) groups excluding carboxylic acids is 1. The number of hydrogen-bond donors (Lipinski definition) is 0. The third-order valence-electron chi connectivity index (χ3n) is 7.78. The second kappa shape index (κ2) is 7.86. The molecule has 0 saturated carbocycles. The Hall–Kier alpha value is -3.35. The smallest absolute Gasteiger partial charge is 0.339 e. The Kier molecular flexibility index (Phi) is 4.90. The van der Waals surface area contributed by atoms with E-state index < -0.39 is 6.10 Å². The highest BCUT2D eigenvalue weighted by molar-refractivity contribution is 5.87. The normalized spacial score (nSPS) is 21.8. The highest BCUT2D eigenvalue weighted by atomic mass is 16.5. The number of likely N-dealkylation sites (tertiary alicyclic amines) is 1. The van der Waals surface area contributed by atoms with Crippen LogP contribution in [-0.2, 0) is 24.2 Å². The van der Waals surface area contributed by atoms with Crippen LogP contribution in [0, 0.1) is 12.8 Å². The van der Waals surface area contributed by atoms with Gasteiger partial charge in [0.15, 0.2) is 6.10 Å². The van der Waals surface area contributed by atoms with Crippen molar-refractivity contribution in [2.45, 2.75) is 58.1 Å². The van der Waals surface area contributed by atoms with Crippen LogP contribution in [0.2, 0.25) is 0 Å². The number of ether oxygens (including phenoxy) is 1.